The van der Waals surface area contributed by atoms with Crippen LogP contribution >= 0.6 is 11.6 Å². The maximum Gasteiger partial charge on any atom is 0.319 e. The SMILES string of the molecule is COc1ccc(Cl)cc1NC(=O)NC[C@@H](C)CC(=O)N(CCC(C)C)CC(=O)NO. The van der Waals surface area contributed by atoms with Crippen LogP contribution in [0.15, 0.2) is 18.2 Å². The molecule has 0 heterocycles. The first kappa shape index (κ1) is 25.5. The number of hydrogen-bond acceptors (Lipinski definition) is 5. The Morgan fingerprint density at radius 3 is 2.53 bits per heavy atom. The standard InChI is InChI=1S/C20H31ClN4O5/c1-13(2)7-8-25(12-18(26)24-29)19(27)9-14(3)11-22-20(28)23-16-10-15(21)5-6-17(16)30-4/h5-6,10,13-14,29H,7-9,11-12H2,1-4H3,(H,24,26)(H2,22,23,28)/t14-/m0/s1. The fraction of sp³-hybridized carbons (Fsp3) is 0.550. The van der Waals surface area contributed by atoms with Crippen LogP contribution in [0.4, 0.5) is 10.5 Å². The Morgan fingerprint density at radius 2 is 1.93 bits per heavy atom. The summed E-state index contributed by atoms with van der Waals surface area (Å²) in [6.45, 7) is 6.33. The fourth-order valence-corrected chi connectivity index (χ4v) is 2.80. The molecule has 9 nitrogen and oxygen atoms in total. The van der Waals surface area contributed by atoms with Gasteiger partial charge in [0.25, 0.3) is 5.91 Å². The molecule has 0 saturated heterocycles. The average Bonchev–Trinajstić information content (AvgIpc) is 2.69. The molecule has 0 saturated carbocycles. The lowest BCUT2D eigenvalue weighted by Crippen LogP contribution is -2.42. The highest BCUT2D eigenvalue weighted by atomic mass is 35.5. The number of carbonyl (C=O) groups excluding carboxylic acids is 3. The van der Waals surface area contributed by atoms with Gasteiger partial charge in [0.1, 0.15) is 12.3 Å². The average molecular weight is 443 g/mol. The molecule has 168 valence electrons. The van der Waals surface area contributed by atoms with E-state index < -0.39 is 11.9 Å². The summed E-state index contributed by atoms with van der Waals surface area (Å²) >= 11 is 5.95. The molecule has 4 N–H and O–H groups in total. The van der Waals surface area contributed by atoms with Crippen molar-refractivity contribution in [2.45, 2.75) is 33.6 Å². The Morgan fingerprint density at radius 1 is 1.23 bits per heavy atom. The van der Waals surface area contributed by atoms with Crippen molar-refractivity contribution >= 4 is 35.1 Å². The highest BCUT2D eigenvalue weighted by molar-refractivity contribution is 6.31. The largest absolute Gasteiger partial charge is 0.495 e. The van der Waals surface area contributed by atoms with Gasteiger partial charge in [-0.1, -0.05) is 32.4 Å². The predicted octanol–water partition coefficient (Wildman–Crippen LogP) is 2.88. The molecule has 0 aromatic heterocycles. The van der Waals surface area contributed by atoms with Crippen LogP contribution in [0, 0.1) is 11.8 Å². The summed E-state index contributed by atoms with van der Waals surface area (Å²) in [5, 5.41) is 14.6. The first-order valence-electron chi connectivity index (χ1n) is 9.75. The molecule has 10 heteroatoms. The summed E-state index contributed by atoms with van der Waals surface area (Å²) in [5.41, 5.74) is 1.98. The quantitative estimate of drug-likeness (QED) is 0.310. The molecule has 0 spiro atoms. The lowest BCUT2D eigenvalue weighted by atomic mass is 10.1. The van der Waals surface area contributed by atoms with Crippen molar-refractivity contribution < 1.29 is 24.3 Å². The number of amides is 4. The third-order valence-corrected chi connectivity index (χ3v) is 4.57. The van der Waals surface area contributed by atoms with Gasteiger partial charge in [-0.15, -0.1) is 0 Å². The number of hydroxylamine groups is 1. The van der Waals surface area contributed by atoms with E-state index in [1.165, 1.54) is 12.0 Å². The molecule has 0 bridgehead atoms. The molecule has 0 aliphatic heterocycles. The van der Waals surface area contributed by atoms with Gasteiger partial charge < -0.3 is 20.3 Å². The minimum Gasteiger partial charge on any atom is -0.495 e. The predicted molar refractivity (Wildman–Crippen MR) is 115 cm³/mol. The summed E-state index contributed by atoms with van der Waals surface area (Å²) < 4.78 is 5.18. The van der Waals surface area contributed by atoms with Crippen LogP contribution in [0.1, 0.15) is 33.6 Å². The first-order chi connectivity index (χ1) is 14.2. The number of nitrogens with one attached hydrogen (secondary N) is 3. The van der Waals surface area contributed by atoms with Gasteiger partial charge in [-0.2, -0.15) is 0 Å². The molecule has 1 atom stereocenters. The third-order valence-electron chi connectivity index (χ3n) is 4.33. The van der Waals surface area contributed by atoms with Gasteiger partial charge in [0.2, 0.25) is 5.91 Å². The van der Waals surface area contributed by atoms with Crippen LogP contribution in [-0.2, 0) is 9.59 Å². The molecule has 1 aromatic carbocycles. The number of anilines is 1. The topological polar surface area (TPSA) is 120 Å². The zero-order chi connectivity index (χ0) is 22.7. The molecular formula is C20H31ClN4O5. The van der Waals surface area contributed by atoms with Crippen LogP contribution in [0.2, 0.25) is 5.02 Å². The number of halogens is 1. The highest BCUT2D eigenvalue weighted by Gasteiger charge is 2.20. The molecule has 30 heavy (non-hydrogen) atoms. The van der Waals surface area contributed by atoms with Crippen molar-refractivity contribution in [1.82, 2.24) is 15.7 Å². The lowest BCUT2D eigenvalue weighted by molar-refractivity contribution is -0.140. The maximum absolute atomic E-state index is 12.6. The number of rotatable bonds is 11. The Hall–Kier alpha value is -2.52. The number of methoxy groups -OCH3 is 1. The van der Waals surface area contributed by atoms with Crippen molar-refractivity contribution in [1.29, 1.82) is 0 Å². The minimum absolute atomic E-state index is 0.150. The summed E-state index contributed by atoms with van der Waals surface area (Å²) in [6, 6.07) is 4.42. The van der Waals surface area contributed by atoms with Crippen molar-refractivity contribution in [2.24, 2.45) is 11.8 Å². The van der Waals surface area contributed by atoms with Gasteiger partial charge >= 0.3 is 6.03 Å². The number of hydrogen-bond donors (Lipinski definition) is 4. The fourth-order valence-electron chi connectivity index (χ4n) is 2.63. The molecule has 0 unspecified atom stereocenters. The monoisotopic (exact) mass is 442 g/mol. The molecule has 1 aromatic rings. The first-order valence-corrected chi connectivity index (χ1v) is 10.1. The third kappa shape index (κ3) is 9.32. The van der Waals surface area contributed by atoms with Crippen molar-refractivity contribution in [2.75, 3.05) is 32.1 Å². The van der Waals surface area contributed by atoms with Crippen molar-refractivity contribution in [3.8, 4) is 5.75 Å². The number of nitrogens with zero attached hydrogens (tertiary/aromatic N) is 1. The van der Waals surface area contributed by atoms with Crippen LogP contribution in [0.25, 0.3) is 0 Å². The van der Waals surface area contributed by atoms with E-state index in [0.717, 1.165) is 6.42 Å². The van der Waals surface area contributed by atoms with Gasteiger partial charge in [-0.05, 0) is 36.5 Å². The summed E-state index contributed by atoms with van der Waals surface area (Å²) in [7, 11) is 1.49. The zero-order valence-electron chi connectivity index (χ0n) is 17.8. The second kappa shape index (κ2) is 12.9. The summed E-state index contributed by atoms with van der Waals surface area (Å²) in [5.74, 6) is -0.189. The normalized spacial score (nSPS) is 11.6. The molecular weight excluding hydrogens is 412 g/mol. The second-order valence-electron chi connectivity index (χ2n) is 7.52. The van der Waals surface area contributed by atoms with Gasteiger partial charge in [0, 0.05) is 24.5 Å². The number of ether oxygens (including phenoxy) is 1. The highest BCUT2D eigenvalue weighted by Crippen LogP contribution is 2.27. The summed E-state index contributed by atoms with van der Waals surface area (Å²) in [4.78, 5) is 37.7. The van der Waals surface area contributed by atoms with Crippen molar-refractivity contribution in [3.05, 3.63) is 23.2 Å². The molecule has 0 fully saturated rings. The summed E-state index contributed by atoms with van der Waals surface area (Å²) in [6.07, 6.45) is 0.887. The van der Waals surface area contributed by atoms with Gasteiger partial charge in [-0.3, -0.25) is 14.8 Å². The van der Waals surface area contributed by atoms with E-state index in [2.05, 4.69) is 10.6 Å². The van der Waals surface area contributed by atoms with Gasteiger partial charge in [0.15, 0.2) is 0 Å². The number of carbonyl (C=O) groups is 3. The molecule has 1 rings (SSSR count). The van der Waals surface area contributed by atoms with Crippen molar-refractivity contribution in [3.63, 3.8) is 0 Å². The zero-order valence-corrected chi connectivity index (χ0v) is 18.6. The van der Waals surface area contributed by atoms with E-state index in [9.17, 15) is 14.4 Å². The van der Waals surface area contributed by atoms with E-state index in [1.807, 2.05) is 20.8 Å². The Kier molecular flexibility index (Phi) is 11.0. The van der Waals surface area contributed by atoms with E-state index in [1.54, 1.807) is 23.7 Å². The number of benzene rings is 1. The minimum atomic E-state index is -0.646. The van der Waals surface area contributed by atoms with E-state index >= 15 is 0 Å². The van der Waals surface area contributed by atoms with Crippen LogP contribution in [0.5, 0.6) is 5.75 Å². The van der Waals surface area contributed by atoms with Gasteiger partial charge in [0.05, 0.1) is 12.8 Å². The van der Waals surface area contributed by atoms with E-state index in [0.29, 0.717) is 28.9 Å². The Labute approximate surface area is 182 Å². The Balaban J connectivity index is 2.57. The van der Waals surface area contributed by atoms with Crippen LogP contribution in [-0.4, -0.2) is 54.7 Å². The lowest BCUT2D eigenvalue weighted by Gasteiger charge is -2.24. The van der Waals surface area contributed by atoms with Gasteiger partial charge in [-0.25, -0.2) is 10.3 Å². The smallest absolute Gasteiger partial charge is 0.319 e. The molecule has 0 aliphatic carbocycles. The maximum atomic E-state index is 12.6. The van der Waals surface area contributed by atoms with Crippen LogP contribution < -0.4 is 20.9 Å². The molecule has 4 amide bonds. The van der Waals surface area contributed by atoms with E-state index in [4.69, 9.17) is 21.5 Å². The molecule has 0 radical (unpaired) electrons. The van der Waals surface area contributed by atoms with Crippen LogP contribution in [0.3, 0.4) is 0 Å². The second-order valence-corrected chi connectivity index (χ2v) is 7.96. The van der Waals surface area contributed by atoms with E-state index in [-0.39, 0.29) is 31.3 Å². The molecule has 0 aliphatic rings. The number of urea groups is 1. The Bertz CT molecular complexity index is 729.